The largest absolute Gasteiger partial charge is 0.330 e. The minimum atomic E-state index is -0.310. The summed E-state index contributed by atoms with van der Waals surface area (Å²) in [6.07, 6.45) is 0.865. The van der Waals surface area contributed by atoms with Crippen LogP contribution in [0.25, 0.3) is 0 Å². The van der Waals surface area contributed by atoms with E-state index in [9.17, 15) is 4.79 Å². The van der Waals surface area contributed by atoms with Gasteiger partial charge in [0.1, 0.15) is 0 Å². The van der Waals surface area contributed by atoms with Gasteiger partial charge in [-0.25, -0.2) is 0 Å². The van der Waals surface area contributed by atoms with E-state index in [1.54, 1.807) is 0 Å². The second-order valence-electron chi connectivity index (χ2n) is 4.81. The van der Waals surface area contributed by atoms with Crippen LogP contribution in [0.1, 0.15) is 36.7 Å². The zero-order chi connectivity index (χ0) is 11.5. The number of rotatable bonds is 3. The molecule has 1 rings (SSSR count). The van der Waals surface area contributed by atoms with Gasteiger partial charge in [-0.05, 0) is 18.5 Å². The summed E-state index contributed by atoms with van der Waals surface area (Å²) in [6, 6.07) is 7.73. The first-order valence-electron chi connectivity index (χ1n) is 5.29. The van der Waals surface area contributed by atoms with E-state index >= 15 is 0 Å². The second kappa shape index (κ2) is 4.58. The fraction of sp³-hybridized carbons (Fsp3) is 0.462. The maximum Gasteiger partial charge on any atom is 0.168 e. The van der Waals surface area contributed by atoms with E-state index in [1.165, 1.54) is 5.56 Å². The van der Waals surface area contributed by atoms with Crippen LogP contribution in [0.4, 0.5) is 0 Å². The average Bonchev–Trinajstić information content (AvgIpc) is 2.17. The molecule has 0 unspecified atom stereocenters. The van der Waals surface area contributed by atoms with Gasteiger partial charge in [0, 0.05) is 11.0 Å². The van der Waals surface area contributed by atoms with Gasteiger partial charge >= 0.3 is 0 Å². The van der Waals surface area contributed by atoms with Gasteiger partial charge in [0.15, 0.2) is 5.78 Å². The Balaban J connectivity index is 2.85. The molecular formula is C13H19NO. The summed E-state index contributed by atoms with van der Waals surface area (Å²) < 4.78 is 0. The fourth-order valence-corrected chi connectivity index (χ4v) is 1.42. The first kappa shape index (κ1) is 11.9. The van der Waals surface area contributed by atoms with Crippen molar-refractivity contribution in [3.8, 4) is 0 Å². The van der Waals surface area contributed by atoms with Crippen molar-refractivity contribution in [2.45, 2.75) is 27.2 Å². The average molecular weight is 205 g/mol. The van der Waals surface area contributed by atoms with E-state index in [4.69, 9.17) is 5.73 Å². The maximum atomic E-state index is 11.9. The first-order chi connectivity index (χ1) is 6.95. The zero-order valence-corrected chi connectivity index (χ0v) is 9.71. The van der Waals surface area contributed by atoms with Gasteiger partial charge < -0.3 is 5.73 Å². The highest BCUT2D eigenvalue weighted by atomic mass is 16.1. The second-order valence-corrected chi connectivity index (χ2v) is 4.81. The van der Waals surface area contributed by atoms with Crippen LogP contribution in [0.15, 0.2) is 24.3 Å². The van der Waals surface area contributed by atoms with Crippen LogP contribution in [0.3, 0.4) is 0 Å². The summed E-state index contributed by atoms with van der Waals surface area (Å²) >= 11 is 0. The van der Waals surface area contributed by atoms with Crippen LogP contribution in [0.5, 0.6) is 0 Å². The van der Waals surface area contributed by atoms with Crippen molar-refractivity contribution in [2.75, 3.05) is 6.54 Å². The lowest BCUT2D eigenvalue weighted by atomic mass is 9.86. The molecule has 1 aromatic rings. The highest BCUT2D eigenvalue weighted by Crippen LogP contribution is 2.20. The number of hydrogen-bond donors (Lipinski definition) is 1. The Bertz CT molecular complexity index is 333. The third kappa shape index (κ3) is 3.17. The molecule has 0 amide bonds. The lowest BCUT2D eigenvalue weighted by Gasteiger charge is -2.16. The van der Waals surface area contributed by atoms with Crippen molar-refractivity contribution >= 4 is 5.78 Å². The van der Waals surface area contributed by atoms with Crippen LogP contribution in [-0.4, -0.2) is 12.3 Å². The molecule has 0 aliphatic rings. The molecular weight excluding hydrogens is 186 g/mol. The van der Waals surface area contributed by atoms with E-state index in [1.807, 2.05) is 45.0 Å². The summed E-state index contributed by atoms with van der Waals surface area (Å²) in [7, 11) is 0. The smallest absolute Gasteiger partial charge is 0.168 e. The lowest BCUT2D eigenvalue weighted by Crippen LogP contribution is -2.20. The molecule has 0 saturated carbocycles. The van der Waals surface area contributed by atoms with Crippen molar-refractivity contribution in [2.24, 2.45) is 11.1 Å². The van der Waals surface area contributed by atoms with Crippen LogP contribution < -0.4 is 5.73 Å². The number of Topliss-reactive ketones (excluding diaryl/α,β-unsaturated/α-hetero) is 1. The van der Waals surface area contributed by atoms with Gasteiger partial charge in [0.25, 0.3) is 0 Å². The fourth-order valence-electron chi connectivity index (χ4n) is 1.42. The monoisotopic (exact) mass is 205 g/mol. The Morgan fingerprint density at radius 2 is 1.73 bits per heavy atom. The predicted molar refractivity (Wildman–Crippen MR) is 63.0 cm³/mol. The molecule has 2 N–H and O–H groups in total. The van der Waals surface area contributed by atoms with Gasteiger partial charge in [0.2, 0.25) is 0 Å². The number of carbonyl (C=O) groups excluding carboxylic acids is 1. The molecule has 15 heavy (non-hydrogen) atoms. The summed E-state index contributed by atoms with van der Waals surface area (Å²) in [5.74, 6) is 0.182. The number of carbonyl (C=O) groups is 1. The molecule has 0 heterocycles. The Morgan fingerprint density at radius 1 is 1.20 bits per heavy atom. The molecule has 2 heteroatoms. The van der Waals surface area contributed by atoms with E-state index in [0.717, 1.165) is 12.0 Å². The summed E-state index contributed by atoms with van der Waals surface area (Å²) in [6.45, 7) is 6.45. The van der Waals surface area contributed by atoms with E-state index in [0.29, 0.717) is 6.54 Å². The van der Waals surface area contributed by atoms with Crippen molar-refractivity contribution in [3.63, 3.8) is 0 Å². The lowest BCUT2D eigenvalue weighted by molar-refractivity contribution is 0.0858. The summed E-state index contributed by atoms with van der Waals surface area (Å²) in [5, 5.41) is 0. The van der Waals surface area contributed by atoms with Gasteiger partial charge in [-0.2, -0.15) is 0 Å². The molecule has 0 aliphatic heterocycles. The first-order valence-corrected chi connectivity index (χ1v) is 5.29. The molecule has 0 aliphatic carbocycles. The van der Waals surface area contributed by atoms with Crippen molar-refractivity contribution in [3.05, 3.63) is 35.4 Å². The Kier molecular flexibility index (Phi) is 3.64. The third-order valence-corrected chi connectivity index (χ3v) is 2.33. The van der Waals surface area contributed by atoms with Crippen LogP contribution in [0.2, 0.25) is 0 Å². The third-order valence-electron chi connectivity index (χ3n) is 2.33. The molecule has 0 bridgehead atoms. The van der Waals surface area contributed by atoms with E-state index in [-0.39, 0.29) is 11.2 Å². The quantitative estimate of drug-likeness (QED) is 0.770. The molecule has 2 nitrogen and oxygen atoms in total. The minimum Gasteiger partial charge on any atom is -0.330 e. The number of benzene rings is 1. The Hall–Kier alpha value is -1.15. The zero-order valence-electron chi connectivity index (χ0n) is 9.71. The molecule has 82 valence electrons. The minimum absolute atomic E-state index is 0.182. The molecule has 0 spiro atoms. The SMILES string of the molecule is CC(C)(C)C(=O)c1ccc(CCN)cc1. The van der Waals surface area contributed by atoms with Crippen molar-refractivity contribution < 1.29 is 4.79 Å². The van der Waals surface area contributed by atoms with E-state index in [2.05, 4.69) is 0 Å². The summed E-state index contributed by atoms with van der Waals surface area (Å²) in [4.78, 5) is 11.9. The van der Waals surface area contributed by atoms with Gasteiger partial charge in [-0.3, -0.25) is 4.79 Å². The normalized spacial score (nSPS) is 11.5. The van der Waals surface area contributed by atoms with Crippen molar-refractivity contribution in [1.82, 2.24) is 0 Å². The molecule has 0 atom stereocenters. The molecule has 0 aromatic heterocycles. The van der Waals surface area contributed by atoms with Gasteiger partial charge in [0.05, 0.1) is 0 Å². The van der Waals surface area contributed by atoms with Gasteiger partial charge in [-0.1, -0.05) is 45.0 Å². The van der Waals surface area contributed by atoms with Crippen molar-refractivity contribution in [1.29, 1.82) is 0 Å². The molecule has 0 fully saturated rings. The van der Waals surface area contributed by atoms with E-state index < -0.39 is 0 Å². The number of nitrogens with two attached hydrogens (primary N) is 1. The Morgan fingerprint density at radius 3 is 2.13 bits per heavy atom. The van der Waals surface area contributed by atoms with Gasteiger partial charge in [-0.15, -0.1) is 0 Å². The maximum absolute atomic E-state index is 11.9. The molecule has 1 aromatic carbocycles. The highest BCUT2D eigenvalue weighted by molar-refractivity contribution is 5.99. The Labute approximate surface area is 91.5 Å². The van der Waals surface area contributed by atoms with Crippen LogP contribution >= 0.6 is 0 Å². The summed E-state index contributed by atoms with van der Waals surface area (Å²) in [5.41, 5.74) is 7.11. The predicted octanol–water partition coefficient (Wildman–Crippen LogP) is 2.42. The van der Waals surface area contributed by atoms with Crippen LogP contribution in [0, 0.1) is 5.41 Å². The van der Waals surface area contributed by atoms with Crippen LogP contribution in [-0.2, 0) is 6.42 Å². The number of ketones is 1. The topological polar surface area (TPSA) is 43.1 Å². The standard InChI is InChI=1S/C13H19NO/c1-13(2,3)12(15)11-6-4-10(5-7-11)8-9-14/h4-7H,8-9,14H2,1-3H3. The number of hydrogen-bond acceptors (Lipinski definition) is 2. The molecule has 0 radical (unpaired) electrons. The highest BCUT2D eigenvalue weighted by Gasteiger charge is 2.22. The molecule has 0 saturated heterocycles.